The predicted octanol–water partition coefficient (Wildman–Crippen LogP) is 4.08. The van der Waals surface area contributed by atoms with E-state index in [4.69, 9.17) is 9.47 Å². The molecule has 0 spiro atoms. The summed E-state index contributed by atoms with van der Waals surface area (Å²) in [6.07, 6.45) is 6.86. The maximum Gasteiger partial charge on any atom is 0.334 e. The summed E-state index contributed by atoms with van der Waals surface area (Å²) in [5, 5.41) is 0. The van der Waals surface area contributed by atoms with E-state index in [2.05, 4.69) is 6.08 Å². The molecule has 0 unspecified atom stereocenters. The quantitative estimate of drug-likeness (QED) is 0.538. The van der Waals surface area contributed by atoms with E-state index in [0.29, 0.717) is 12.0 Å². The van der Waals surface area contributed by atoms with Gasteiger partial charge in [-0.1, -0.05) is 31.1 Å². The standard InChI is InChI=1S/C22H30O5/c1-13(2)21-19(26-16(5)23)10-15(4)8-6-7-14(3)9-18(24)11-17-12-20(21)27-22(17)25/h8-9,12-13,19-21H,6-7,10-11H2,1-5H3/b14-9-,15-8+/t19-,20+,21+/m1/s1. The van der Waals surface area contributed by atoms with Crippen molar-refractivity contribution >= 4 is 17.7 Å². The van der Waals surface area contributed by atoms with Gasteiger partial charge in [0.2, 0.25) is 0 Å². The van der Waals surface area contributed by atoms with Crippen LogP contribution in [0.1, 0.15) is 60.3 Å². The second-order valence-corrected chi connectivity index (χ2v) is 7.96. The minimum atomic E-state index is -0.495. The number of esters is 2. The normalized spacial score (nSPS) is 31.2. The lowest BCUT2D eigenvalue weighted by Crippen LogP contribution is -2.38. The molecule has 2 rings (SSSR count). The largest absolute Gasteiger partial charge is 0.462 e. The van der Waals surface area contributed by atoms with Gasteiger partial charge in [0.05, 0.1) is 0 Å². The van der Waals surface area contributed by atoms with Crippen molar-refractivity contribution in [2.45, 2.75) is 72.5 Å². The number of ketones is 1. The van der Waals surface area contributed by atoms with E-state index in [9.17, 15) is 14.4 Å². The molecule has 0 aromatic carbocycles. The third-order valence-electron chi connectivity index (χ3n) is 5.09. The number of allylic oxidation sites excluding steroid dienone is 3. The Labute approximate surface area is 161 Å². The topological polar surface area (TPSA) is 69.7 Å². The first-order valence-electron chi connectivity index (χ1n) is 9.62. The highest BCUT2D eigenvalue weighted by Gasteiger charge is 2.39. The van der Waals surface area contributed by atoms with Crippen LogP contribution in [-0.2, 0) is 23.9 Å². The lowest BCUT2D eigenvalue weighted by atomic mass is 9.82. The van der Waals surface area contributed by atoms with Crippen LogP contribution in [0.25, 0.3) is 0 Å². The average molecular weight is 374 g/mol. The van der Waals surface area contributed by atoms with Crippen molar-refractivity contribution in [3.05, 3.63) is 34.9 Å². The first-order chi connectivity index (χ1) is 12.7. The number of rotatable bonds is 2. The minimum Gasteiger partial charge on any atom is -0.462 e. The average Bonchev–Trinajstić information content (AvgIpc) is 2.85. The lowest BCUT2D eigenvalue weighted by Gasteiger charge is -2.33. The van der Waals surface area contributed by atoms with E-state index in [1.165, 1.54) is 6.92 Å². The van der Waals surface area contributed by atoms with Crippen LogP contribution in [0.2, 0.25) is 0 Å². The van der Waals surface area contributed by atoms with Crippen LogP contribution in [0.3, 0.4) is 0 Å². The van der Waals surface area contributed by atoms with Crippen molar-refractivity contribution in [2.75, 3.05) is 0 Å². The number of hydrogen-bond acceptors (Lipinski definition) is 5. The summed E-state index contributed by atoms with van der Waals surface area (Å²) >= 11 is 0. The van der Waals surface area contributed by atoms with E-state index in [1.807, 2.05) is 27.7 Å². The highest BCUT2D eigenvalue weighted by atomic mass is 16.6. The Morgan fingerprint density at radius 2 is 1.93 bits per heavy atom. The van der Waals surface area contributed by atoms with E-state index in [1.54, 1.807) is 12.2 Å². The Kier molecular flexibility index (Phi) is 7.17. The molecule has 2 aliphatic rings. The van der Waals surface area contributed by atoms with Crippen LogP contribution in [0.5, 0.6) is 0 Å². The van der Waals surface area contributed by atoms with Crippen LogP contribution in [-0.4, -0.2) is 29.9 Å². The zero-order valence-corrected chi connectivity index (χ0v) is 16.9. The van der Waals surface area contributed by atoms with E-state index in [0.717, 1.165) is 24.0 Å². The number of carbonyl (C=O) groups excluding carboxylic acids is 3. The molecule has 0 amide bonds. The summed E-state index contributed by atoms with van der Waals surface area (Å²) in [6, 6.07) is 0. The number of hydrogen-bond donors (Lipinski definition) is 0. The molecular formula is C22H30O5. The second-order valence-electron chi connectivity index (χ2n) is 7.96. The molecule has 0 saturated carbocycles. The Morgan fingerprint density at radius 1 is 1.22 bits per heavy atom. The fourth-order valence-corrected chi connectivity index (χ4v) is 3.84. The van der Waals surface area contributed by atoms with Gasteiger partial charge in [-0.25, -0.2) is 4.79 Å². The van der Waals surface area contributed by atoms with Gasteiger partial charge in [0, 0.05) is 31.3 Å². The predicted molar refractivity (Wildman–Crippen MR) is 103 cm³/mol. The Bertz CT molecular complexity index is 695. The molecular weight excluding hydrogens is 344 g/mol. The van der Waals surface area contributed by atoms with Crippen LogP contribution < -0.4 is 0 Å². The molecule has 1 aliphatic carbocycles. The van der Waals surface area contributed by atoms with Crippen molar-refractivity contribution in [2.24, 2.45) is 11.8 Å². The third kappa shape index (κ3) is 5.91. The van der Waals surface area contributed by atoms with Crippen molar-refractivity contribution in [1.29, 1.82) is 0 Å². The van der Waals surface area contributed by atoms with Gasteiger partial charge in [0.1, 0.15) is 12.2 Å². The summed E-state index contributed by atoms with van der Waals surface area (Å²) in [7, 11) is 0. The number of fused-ring (bicyclic) bond motifs is 1. The van der Waals surface area contributed by atoms with Crippen molar-refractivity contribution in [3.63, 3.8) is 0 Å². The molecule has 0 fully saturated rings. The molecule has 0 radical (unpaired) electrons. The Hall–Kier alpha value is -2.17. The molecule has 1 aliphatic heterocycles. The molecule has 0 N–H and O–H groups in total. The van der Waals surface area contributed by atoms with Crippen LogP contribution in [0.15, 0.2) is 34.9 Å². The SMILES string of the molecule is CC(=O)O[C@@H]1C/C(C)=C/CC/C(C)=C\C(=O)CC2=C[C@H](OC2=O)[C@H]1C(C)C. The Morgan fingerprint density at radius 3 is 2.56 bits per heavy atom. The zero-order chi connectivity index (χ0) is 20.1. The summed E-state index contributed by atoms with van der Waals surface area (Å²) in [6.45, 7) is 9.40. The van der Waals surface area contributed by atoms with Crippen molar-refractivity contribution in [1.82, 2.24) is 0 Å². The molecule has 5 heteroatoms. The lowest BCUT2D eigenvalue weighted by molar-refractivity contribution is -0.156. The van der Waals surface area contributed by atoms with Crippen molar-refractivity contribution < 1.29 is 23.9 Å². The van der Waals surface area contributed by atoms with Gasteiger partial charge < -0.3 is 9.47 Å². The van der Waals surface area contributed by atoms with Crippen LogP contribution >= 0.6 is 0 Å². The van der Waals surface area contributed by atoms with Gasteiger partial charge in [0.15, 0.2) is 5.78 Å². The monoisotopic (exact) mass is 374 g/mol. The Balaban J connectivity index is 2.43. The van der Waals surface area contributed by atoms with Crippen molar-refractivity contribution in [3.8, 4) is 0 Å². The second kappa shape index (κ2) is 9.16. The van der Waals surface area contributed by atoms with Gasteiger partial charge in [-0.2, -0.15) is 0 Å². The molecule has 3 atom stereocenters. The van der Waals surface area contributed by atoms with Crippen LogP contribution in [0.4, 0.5) is 0 Å². The number of ether oxygens (including phenoxy) is 2. The van der Waals surface area contributed by atoms with E-state index >= 15 is 0 Å². The summed E-state index contributed by atoms with van der Waals surface area (Å²) in [4.78, 5) is 36.3. The zero-order valence-electron chi connectivity index (χ0n) is 16.9. The minimum absolute atomic E-state index is 0.0462. The van der Waals surface area contributed by atoms with Gasteiger partial charge >= 0.3 is 11.9 Å². The first kappa shape index (κ1) is 21.1. The van der Waals surface area contributed by atoms with Gasteiger partial charge in [-0.3, -0.25) is 9.59 Å². The fraction of sp³-hybridized carbons (Fsp3) is 0.591. The molecule has 5 nitrogen and oxygen atoms in total. The number of carbonyl (C=O) groups is 3. The molecule has 0 saturated heterocycles. The molecule has 0 aromatic rings. The fourth-order valence-electron chi connectivity index (χ4n) is 3.84. The van der Waals surface area contributed by atoms with Gasteiger partial charge in [-0.15, -0.1) is 0 Å². The maximum atomic E-state index is 12.3. The highest BCUT2D eigenvalue weighted by molar-refractivity contribution is 6.01. The summed E-state index contributed by atoms with van der Waals surface area (Å²) < 4.78 is 11.2. The van der Waals surface area contributed by atoms with E-state index in [-0.39, 0.29) is 36.1 Å². The van der Waals surface area contributed by atoms with Gasteiger partial charge in [-0.05, 0) is 44.8 Å². The molecule has 148 valence electrons. The highest BCUT2D eigenvalue weighted by Crippen LogP contribution is 2.34. The molecule has 1 heterocycles. The molecule has 2 bridgehead atoms. The third-order valence-corrected chi connectivity index (χ3v) is 5.09. The molecule has 0 aromatic heterocycles. The van der Waals surface area contributed by atoms with Crippen LogP contribution in [0, 0.1) is 11.8 Å². The van der Waals surface area contributed by atoms with Gasteiger partial charge in [0.25, 0.3) is 0 Å². The maximum absolute atomic E-state index is 12.3. The summed E-state index contributed by atoms with van der Waals surface area (Å²) in [5.41, 5.74) is 2.50. The first-order valence-corrected chi connectivity index (χ1v) is 9.62. The van der Waals surface area contributed by atoms with E-state index < -0.39 is 12.1 Å². The summed E-state index contributed by atoms with van der Waals surface area (Å²) in [5.74, 6) is -0.933. The molecule has 27 heavy (non-hydrogen) atoms. The smallest absolute Gasteiger partial charge is 0.334 e.